The van der Waals surface area contributed by atoms with Crippen LogP contribution in [-0.2, 0) is 0 Å². The molecule has 4 heteroatoms. The second-order valence-electron chi connectivity index (χ2n) is 4.76. The molecule has 1 aromatic heterocycles. The van der Waals surface area contributed by atoms with Crippen molar-refractivity contribution in [2.45, 2.75) is 39.5 Å². The summed E-state index contributed by atoms with van der Waals surface area (Å²) in [5.74, 6) is 1.00. The maximum atomic E-state index is 5.43. The summed E-state index contributed by atoms with van der Waals surface area (Å²) in [6.45, 7) is 7.28. The molecule has 0 aliphatic heterocycles. The fraction of sp³-hybridized carbons (Fsp3) is 0.800. The molecule has 0 aromatic carbocycles. The fourth-order valence-corrected chi connectivity index (χ4v) is 1.22. The summed E-state index contributed by atoms with van der Waals surface area (Å²) >= 11 is 0. The van der Waals surface area contributed by atoms with Crippen LogP contribution in [0.2, 0.25) is 0 Å². The van der Waals surface area contributed by atoms with E-state index in [1.807, 2.05) is 13.8 Å². The number of hydrogen-bond acceptors (Lipinski definition) is 4. The van der Waals surface area contributed by atoms with E-state index in [-0.39, 0.29) is 0 Å². The van der Waals surface area contributed by atoms with Gasteiger partial charge in [0.15, 0.2) is 0 Å². The Hall–Kier alpha value is -1.06. The zero-order chi connectivity index (χ0) is 10.2. The van der Waals surface area contributed by atoms with Crippen molar-refractivity contribution in [1.82, 2.24) is 10.2 Å². The third-order valence-corrected chi connectivity index (χ3v) is 2.70. The summed E-state index contributed by atoms with van der Waals surface area (Å²) in [5.41, 5.74) is 0.465. The average molecular weight is 195 g/mol. The molecular weight excluding hydrogens is 178 g/mol. The minimum atomic E-state index is 0.301. The van der Waals surface area contributed by atoms with E-state index < -0.39 is 0 Å². The van der Waals surface area contributed by atoms with Crippen molar-refractivity contribution in [2.75, 3.05) is 11.9 Å². The lowest BCUT2D eigenvalue weighted by Gasteiger charge is -2.06. The van der Waals surface area contributed by atoms with Gasteiger partial charge in [-0.05, 0) is 18.3 Å². The first kappa shape index (κ1) is 9.49. The van der Waals surface area contributed by atoms with Crippen molar-refractivity contribution >= 4 is 6.01 Å². The quantitative estimate of drug-likeness (QED) is 0.801. The first-order valence-electron chi connectivity index (χ1n) is 5.16. The van der Waals surface area contributed by atoms with Gasteiger partial charge in [-0.3, -0.25) is 0 Å². The molecule has 4 nitrogen and oxygen atoms in total. The van der Waals surface area contributed by atoms with E-state index in [0.717, 1.165) is 6.54 Å². The minimum Gasteiger partial charge on any atom is -0.408 e. The van der Waals surface area contributed by atoms with Crippen LogP contribution in [0.15, 0.2) is 4.42 Å². The maximum Gasteiger partial charge on any atom is 0.315 e. The summed E-state index contributed by atoms with van der Waals surface area (Å²) in [5, 5.41) is 11.1. The Kier molecular flexibility index (Phi) is 2.21. The highest BCUT2D eigenvalue weighted by Gasteiger charge is 2.37. The first-order chi connectivity index (χ1) is 6.59. The normalized spacial score (nSPS) is 18.6. The molecule has 1 aliphatic rings. The van der Waals surface area contributed by atoms with Gasteiger partial charge in [0, 0.05) is 12.5 Å². The predicted octanol–water partition coefficient (Wildman–Crippen LogP) is 2.41. The third-order valence-electron chi connectivity index (χ3n) is 2.70. The lowest BCUT2D eigenvalue weighted by molar-refractivity contribution is 0.474. The summed E-state index contributed by atoms with van der Waals surface area (Å²) < 4.78 is 5.43. The molecular formula is C10H17N3O. The lowest BCUT2D eigenvalue weighted by Crippen LogP contribution is -2.11. The molecule has 0 unspecified atom stereocenters. The Morgan fingerprint density at radius 1 is 1.43 bits per heavy atom. The predicted molar refractivity (Wildman–Crippen MR) is 54.2 cm³/mol. The van der Waals surface area contributed by atoms with Crippen molar-refractivity contribution in [1.29, 1.82) is 0 Å². The Bertz CT molecular complexity index is 315. The largest absolute Gasteiger partial charge is 0.408 e. The van der Waals surface area contributed by atoms with Crippen LogP contribution in [-0.4, -0.2) is 16.7 Å². The van der Waals surface area contributed by atoms with Crippen LogP contribution in [0.25, 0.3) is 0 Å². The van der Waals surface area contributed by atoms with Gasteiger partial charge in [-0.25, -0.2) is 0 Å². The Balaban J connectivity index is 1.90. The van der Waals surface area contributed by atoms with E-state index in [4.69, 9.17) is 4.42 Å². The SMILES string of the molecule is CC(C)c1nnc(NCC2(C)CC2)o1. The zero-order valence-corrected chi connectivity index (χ0v) is 9.00. The number of nitrogens with zero attached hydrogens (tertiary/aromatic N) is 2. The molecule has 0 bridgehead atoms. The molecule has 0 saturated heterocycles. The Morgan fingerprint density at radius 3 is 2.64 bits per heavy atom. The number of rotatable bonds is 4. The van der Waals surface area contributed by atoms with E-state index >= 15 is 0 Å². The maximum absolute atomic E-state index is 5.43. The van der Waals surface area contributed by atoms with Crippen molar-refractivity contribution in [2.24, 2.45) is 5.41 Å². The second-order valence-corrected chi connectivity index (χ2v) is 4.76. The van der Waals surface area contributed by atoms with Crippen LogP contribution in [0.4, 0.5) is 6.01 Å². The van der Waals surface area contributed by atoms with Crippen LogP contribution >= 0.6 is 0 Å². The molecule has 1 saturated carbocycles. The van der Waals surface area contributed by atoms with Crippen LogP contribution in [0.3, 0.4) is 0 Å². The molecule has 0 spiro atoms. The molecule has 0 atom stereocenters. The van der Waals surface area contributed by atoms with Crippen LogP contribution in [0, 0.1) is 5.41 Å². The highest BCUT2D eigenvalue weighted by molar-refractivity contribution is 5.19. The number of anilines is 1. The molecule has 1 aliphatic carbocycles. The third kappa shape index (κ3) is 2.05. The van der Waals surface area contributed by atoms with Gasteiger partial charge in [-0.1, -0.05) is 25.9 Å². The molecule has 1 fully saturated rings. The van der Waals surface area contributed by atoms with Crippen molar-refractivity contribution in [3.05, 3.63) is 5.89 Å². The summed E-state index contributed by atoms with van der Waals surface area (Å²) in [7, 11) is 0. The van der Waals surface area contributed by atoms with Crippen LogP contribution < -0.4 is 5.32 Å². The monoisotopic (exact) mass is 195 g/mol. The van der Waals surface area contributed by atoms with Gasteiger partial charge in [0.05, 0.1) is 0 Å². The molecule has 78 valence electrons. The van der Waals surface area contributed by atoms with Crippen LogP contribution in [0.5, 0.6) is 0 Å². The second kappa shape index (κ2) is 3.26. The van der Waals surface area contributed by atoms with Gasteiger partial charge in [-0.15, -0.1) is 5.10 Å². The summed E-state index contributed by atoms with van der Waals surface area (Å²) in [4.78, 5) is 0. The van der Waals surface area contributed by atoms with Gasteiger partial charge >= 0.3 is 6.01 Å². The fourth-order valence-electron chi connectivity index (χ4n) is 1.22. The van der Waals surface area contributed by atoms with Gasteiger partial charge in [0.1, 0.15) is 0 Å². The standard InChI is InChI=1S/C10H17N3O/c1-7(2)8-12-13-9(14-8)11-6-10(3)4-5-10/h7H,4-6H2,1-3H3,(H,11,13). The van der Waals surface area contributed by atoms with Crippen molar-refractivity contribution in [3.63, 3.8) is 0 Å². The Labute approximate surface area is 84.1 Å². The number of nitrogens with one attached hydrogen (secondary N) is 1. The van der Waals surface area contributed by atoms with E-state index in [1.54, 1.807) is 0 Å². The summed E-state index contributed by atoms with van der Waals surface area (Å²) in [6.07, 6.45) is 2.59. The van der Waals surface area contributed by atoms with E-state index in [9.17, 15) is 0 Å². The molecule has 0 radical (unpaired) electrons. The highest BCUT2D eigenvalue weighted by atomic mass is 16.4. The van der Waals surface area contributed by atoms with Crippen LogP contribution in [0.1, 0.15) is 45.4 Å². The minimum absolute atomic E-state index is 0.301. The van der Waals surface area contributed by atoms with Gasteiger partial charge < -0.3 is 9.73 Å². The van der Waals surface area contributed by atoms with E-state index in [2.05, 4.69) is 22.4 Å². The topological polar surface area (TPSA) is 51.0 Å². The average Bonchev–Trinajstić information content (AvgIpc) is 2.68. The lowest BCUT2D eigenvalue weighted by atomic mass is 10.1. The Morgan fingerprint density at radius 2 is 2.14 bits per heavy atom. The van der Waals surface area contributed by atoms with E-state index in [0.29, 0.717) is 23.2 Å². The van der Waals surface area contributed by atoms with Gasteiger partial charge in [-0.2, -0.15) is 0 Å². The highest BCUT2D eigenvalue weighted by Crippen LogP contribution is 2.44. The molecule has 2 rings (SSSR count). The number of hydrogen-bond donors (Lipinski definition) is 1. The van der Waals surface area contributed by atoms with E-state index in [1.165, 1.54) is 12.8 Å². The van der Waals surface area contributed by atoms with Gasteiger partial charge in [0.2, 0.25) is 5.89 Å². The number of aromatic nitrogens is 2. The summed E-state index contributed by atoms with van der Waals surface area (Å²) in [6, 6.07) is 0.557. The molecule has 1 aromatic rings. The zero-order valence-electron chi connectivity index (χ0n) is 9.00. The first-order valence-corrected chi connectivity index (χ1v) is 5.16. The van der Waals surface area contributed by atoms with Crippen molar-refractivity contribution in [3.8, 4) is 0 Å². The molecule has 14 heavy (non-hydrogen) atoms. The molecule has 0 amide bonds. The smallest absolute Gasteiger partial charge is 0.315 e. The molecule has 1 N–H and O–H groups in total. The van der Waals surface area contributed by atoms with Gasteiger partial charge in [0.25, 0.3) is 0 Å². The molecule has 1 heterocycles. The van der Waals surface area contributed by atoms with Crippen molar-refractivity contribution < 1.29 is 4.42 Å².